The summed E-state index contributed by atoms with van der Waals surface area (Å²) in [5.41, 5.74) is 0. The normalized spacial score (nSPS) is 28.3. The van der Waals surface area contributed by atoms with Crippen LogP contribution < -0.4 is 0 Å². The Morgan fingerprint density at radius 2 is 2.28 bits per heavy atom. The van der Waals surface area contributed by atoms with Crippen molar-refractivity contribution in [3.05, 3.63) is 12.2 Å². The Morgan fingerprint density at radius 3 is 2.94 bits per heavy atom. The molecule has 1 saturated heterocycles. The molecule has 18 heavy (non-hydrogen) atoms. The Kier molecular flexibility index (Phi) is 4.72. The van der Waals surface area contributed by atoms with Gasteiger partial charge in [0.1, 0.15) is 12.2 Å². The topological polar surface area (TPSA) is 47.8 Å². The lowest BCUT2D eigenvalue weighted by Gasteiger charge is -2.30. The molecule has 0 spiro atoms. The minimum absolute atomic E-state index is 0.114. The van der Waals surface area contributed by atoms with Gasteiger partial charge in [0.25, 0.3) is 0 Å². The Morgan fingerprint density at radius 1 is 1.50 bits per heavy atom. The first-order valence-electron chi connectivity index (χ1n) is 6.28. The van der Waals surface area contributed by atoms with E-state index < -0.39 is 0 Å². The van der Waals surface area contributed by atoms with E-state index in [1.54, 1.807) is 4.68 Å². The summed E-state index contributed by atoms with van der Waals surface area (Å²) >= 11 is 3.71. The smallest absolute Gasteiger partial charge is 0.154 e. The number of aryl methyl sites for hydroxylation is 1. The van der Waals surface area contributed by atoms with Gasteiger partial charge >= 0.3 is 0 Å². The molecule has 1 aliphatic rings. The number of carbonyl (C=O) groups is 1. The van der Waals surface area contributed by atoms with E-state index in [2.05, 4.69) is 23.9 Å². The van der Waals surface area contributed by atoms with Crippen molar-refractivity contribution in [2.45, 2.75) is 49.5 Å². The third-order valence-corrected chi connectivity index (χ3v) is 6.68. The van der Waals surface area contributed by atoms with Gasteiger partial charge in [-0.25, -0.2) is 9.67 Å². The van der Waals surface area contributed by atoms with Crippen LogP contribution in [0, 0.1) is 0 Å². The predicted molar refractivity (Wildman–Crippen MR) is 77.2 cm³/mol. The van der Waals surface area contributed by atoms with Gasteiger partial charge in [0.2, 0.25) is 0 Å². The zero-order chi connectivity index (χ0) is 13.1. The summed E-state index contributed by atoms with van der Waals surface area (Å²) in [4.78, 5) is 16.4. The van der Waals surface area contributed by atoms with Gasteiger partial charge in [0, 0.05) is 22.8 Å². The molecular weight excluding hydrogens is 266 g/mol. The second kappa shape index (κ2) is 6.10. The van der Waals surface area contributed by atoms with Crippen molar-refractivity contribution in [1.29, 1.82) is 0 Å². The van der Waals surface area contributed by atoms with Crippen LogP contribution in [-0.4, -0.2) is 42.1 Å². The molecule has 1 aromatic rings. The SMILES string of the molecule is CCn1ncnc1CC(=O)C1CSC(C)C(C)S1. The van der Waals surface area contributed by atoms with E-state index in [1.807, 2.05) is 30.4 Å². The molecule has 1 aromatic heterocycles. The first-order chi connectivity index (χ1) is 8.61. The molecule has 0 radical (unpaired) electrons. The number of thioether (sulfide) groups is 2. The summed E-state index contributed by atoms with van der Waals surface area (Å²) in [6.45, 7) is 7.22. The number of hydrogen-bond acceptors (Lipinski definition) is 5. The van der Waals surface area contributed by atoms with E-state index in [1.165, 1.54) is 6.33 Å². The maximum Gasteiger partial charge on any atom is 0.154 e. The predicted octanol–water partition coefficient (Wildman–Crippen LogP) is 2.04. The molecule has 0 N–H and O–H groups in total. The molecule has 6 heteroatoms. The standard InChI is InChI=1S/C12H19N3OS2/c1-4-15-12(13-7-14-15)5-10(16)11-6-17-8(2)9(3)18-11/h7-9,11H,4-6H2,1-3H3. The first-order valence-corrected chi connectivity index (χ1v) is 8.27. The Labute approximate surface area is 116 Å². The lowest BCUT2D eigenvalue weighted by molar-refractivity contribution is -0.117. The van der Waals surface area contributed by atoms with Crippen molar-refractivity contribution in [3.63, 3.8) is 0 Å². The van der Waals surface area contributed by atoms with Gasteiger partial charge in [-0.3, -0.25) is 4.79 Å². The Bertz CT molecular complexity index is 421. The summed E-state index contributed by atoms with van der Waals surface area (Å²) in [6, 6.07) is 0. The number of nitrogens with zero attached hydrogens (tertiary/aromatic N) is 3. The van der Waals surface area contributed by atoms with Gasteiger partial charge in [-0.2, -0.15) is 16.9 Å². The van der Waals surface area contributed by atoms with Crippen LogP contribution in [0.4, 0.5) is 0 Å². The van der Waals surface area contributed by atoms with Crippen LogP contribution in [0.25, 0.3) is 0 Å². The molecule has 2 rings (SSSR count). The fourth-order valence-electron chi connectivity index (χ4n) is 1.91. The number of hydrogen-bond donors (Lipinski definition) is 0. The van der Waals surface area contributed by atoms with Crippen molar-refractivity contribution < 1.29 is 4.79 Å². The minimum atomic E-state index is 0.114. The van der Waals surface area contributed by atoms with E-state index in [0.717, 1.165) is 18.1 Å². The lowest BCUT2D eigenvalue weighted by Crippen LogP contribution is -2.33. The highest BCUT2D eigenvalue weighted by atomic mass is 32.2. The third-order valence-electron chi connectivity index (χ3n) is 3.24. The summed E-state index contributed by atoms with van der Waals surface area (Å²) in [7, 11) is 0. The molecule has 3 atom stereocenters. The number of aromatic nitrogens is 3. The number of ketones is 1. The van der Waals surface area contributed by atoms with Crippen molar-refractivity contribution in [3.8, 4) is 0 Å². The molecule has 0 saturated carbocycles. The van der Waals surface area contributed by atoms with E-state index in [4.69, 9.17) is 0 Å². The summed E-state index contributed by atoms with van der Waals surface area (Å²) in [6.07, 6.45) is 1.94. The molecule has 0 bridgehead atoms. The third kappa shape index (κ3) is 3.09. The zero-order valence-electron chi connectivity index (χ0n) is 11.0. The summed E-state index contributed by atoms with van der Waals surface area (Å²) < 4.78 is 1.80. The van der Waals surface area contributed by atoms with Gasteiger partial charge in [0.15, 0.2) is 5.78 Å². The fourth-order valence-corrected chi connectivity index (χ4v) is 4.80. The van der Waals surface area contributed by atoms with Crippen LogP contribution in [0.15, 0.2) is 6.33 Å². The van der Waals surface area contributed by atoms with Gasteiger partial charge in [-0.1, -0.05) is 13.8 Å². The van der Waals surface area contributed by atoms with Crippen LogP contribution in [-0.2, 0) is 17.8 Å². The first kappa shape index (κ1) is 13.9. The van der Waals surface area contributed by atoms with Crippen LogP contribution in [0.2, 0.25) is 0 Å². The van der Waals surface area contributed by atoms with Crippen molar-refractivity contribution in [1.82, 2.24) is 14.8 Å². The van der Waals surface area contributed by atoms with Gasteiger partial charge in [-0.15, -0.1) is 11.8 Å². The lowest BCUT2D eigenvalue weighted by atomic mass is 10.2. The van der Waals surface area contributed by atoms with Crippen molar-refractivity contribution in [2.75, 3.05) is 5.75 Å². The monoisotopic (exact) mass is 285 g/mol. The molecule has 1 aliphatic heterocycles. The van der Waals surface area contributed by atoms with E-state index in [-0.39, 0.29) is 11.0 Å². The highest BCUT2D eigenvalue weighted by molar-refractivity contribution is 8.08. The molecule has 0 aliphatic carbocycles. The van der Waals surface area contributed by atoms with Gasteiger partial charge < -0.3 is 0 Å². The highest BCUT2D eigenvalue weighted by Crippen LogP contribution is 2.36. The number of carbonyl (C=O) groups excluding carboxylic acids is 1. The quantitative estimate of drug-likeness (QED) is 0.847. The minimum Gasteiger partial charge on any atom is -0.298 e. The van der Waals surface area contributed by atoms with E-state index >= 15 is 0 Å². The zero-order valence-corrected chi connectivity index (χ0v) is 12.6. The molecule has 1 fully saturated rings. The van der Waals surface area contributed by atoms with Crippen LogP contribution in [0.1, 0.15) is 26.6 Å². The number of Topliss-reactive ketones (excluding diaryl/α,β-unsaturated/α-hetero) is 1. The van der Waals surface area contributed by atoms with Crippen molar-refractivity contribution in [2.24, 2.45) is 0 Å². The highest BCUT2D eigenvalue weighted by Gasteiger charge is 2.30. The van der Waals surface area contributed by atoms with Crippen molar-refractivity contribution >= 4 is 29.3 Å². The Hall–Kier alpha value is -0.490. The molecule has 3 unspecified atom stereocenters. The molecule has 4 nitrogen and oxygen atoms in total. The van der Waals surface area contributed by atoms with Crippen LogP contribution in [0.3, 0.4) is 0 Å². The Balaban J connectivity index is 1.96. The van der Waals surface area contributed by atoms with Gasteiger partial charge in [0.05, 0.1) is 11.7 Å². The maximum absolute atomic E-state index is 12.3. The summed E-state index contributed by atoms with van der Waals surface area (Å²) in [5.74, 6) is 2.00. The average molecular weight is 285 g/mol. The second-order valence-corrected chi connectivity index (χ2v) is 7.50. The largest absolute Gasteiger partial charge is 0.298 e. The average Bonchev–Trinajstić information content (AvgIpc) is 2.79. The number of rotatable bonds is 4. The van der Waals surface area contributed by atoms with E-state index in [9.17, 15) is 4.79 Å². The van der Waals surface area contributed by atoms with Crippen LogP contribution in [0.5, 0.6) is 0 Å². The fraction of sp³-hybridized carbons (Fsp3) is 0.750. The maximum atomic E-state index is 12.3. The molecule has 100 valence electrons. The van der Waals surface area contributed by atoms with Crippen LogP contribution >= 0.6 is 23.5 Å². The van der Waals surface area contributed by atoms with Gasteiger partial charge in [-0.05, 0) is 6.92 Å². The molecule has 0 amide bonds. The second-order valence-electron chi connectivity index (χ2n) is 4.50. The molecule has 0 aromatic carbocycles. The molecule has 2 heterocycles. The molecular formula is C12H19N3OS2. The van der Waals surface area contributed by atoms with E-state index in [0.29, 0.717) is 16.9 Å². The summed E-state index contributed by atoms with van der Waals surface area (Å²) in [5, 5.41) is 5.40.